The van der Waals surface area contributed by atoms with Crippen molar-refractivity contribution in [3.8, 4) is 0 Å². The second-order valence-electron chi connectivity index (χ2n) is 7.09. The van der Waals surface area contributed by atoms with Gasteiger partial charge in [0.15, 0.2) is 6.04 Å². The number of hydrogen-bond acceptors (Lipinski definition) is 4. The molecule has 1 atom stereocenters. The SMILES string of the molecule is O=C1C[C@@H]([NH+]2CCN(c3cccc[nH+]3)CC2)C(=O)N1c1ccc(SC(F)F)cc1. The van der Waals surface area contributed by atoms with Gasteiger partial charge in [-0.15, -0.1) is 0 Å². The lowest BCUT2D eigenvalue weighted by Gasteiger charge is -2.31. The number of H-pyrrole nitrogens is 1. The number of hydrogen-bond donors (Lipinski definition) is 1. The number of alkyl halides is 2. The van der Waals surface area contributed by atoms with Crippen LogP contribution >= 0.6 is 11.8 Å². The first-order valence-electron chi connectivity index (χ1n) is 9.51. The zero-order chi connectivity index (χ0) is 20.4. The highest BCUT2D eigenvalue weighted by Crippen LogP contribution is 2.29. The molecule has 2 aliphatic rings. The topological polar surface area (TPSA) is 59.2 Å². The number of aromatic amines is 1. The molecule has 4 rings (SSSR count). The molecule has 1 aromatic heterocycles. The van der Waals surface area contributed by atoms with E-state index < -0.39 is 5.76 Å². The number of benzene rings is 1. The van der Waals surface area contributed by atoms with Gasteiger partial charge in [0.1, 0.15) is 26.2 Å². The van der Waals surface area contributed by atoms with Gasteiger partial charge in [-0.2, -0.15) is 8.78 Å². The van der Waals surface area contributed by atoms with Gasteiger partial charge >= 0.3 is 0 Å². The molecule has 29 heavy (non-hydrogen) atoms. The minimum Gasteiger partial charge on any atom is -0.318 e. The van der Waals surface area contributed by atoms with Crippen LogP contribution in [0.4, 0.5) is 20.3 Å². The number of piperazine rings is 1. The van der Waals surface area contributed by atoms with Crippen molar-refractivity contribution in [1.29, 1.82) is 0 Å². The van der Waals surface area contributed by atoms with E-state index in [0.29, 0.717) is 22.3 Å². The van der Waals surface area contributed by atoms with Crippen molar-refractivity contribution in [2.75, 3.05) is 36.0 Å². The van der Waals surface area contributed by atoms with E-state index in [4.69, 9.17) is 0 Å². The van der Waals surface area contributed by atoms with Gasteiger partial charge in [0.25, 0.3) is 17.5 Å². The number of imide groups is 1. The maximum absolute atomic E-state index is 13.0. The van der Waals surface area contributed by atoms with Gasteiger partial charge in [-0.25, -0.2) is 9.88 Å². The maximum Gasteiger partial charge on any atom is 0.292 e. The van der Waals surface area contributed by atoms with Crippen LogP contribution in [0.25, 0.3) is 0 Å². The molecule has 3 heterocycles. The molecule has 0 saturated carbocycles. The summed E-state index contributed by atoms with van der Waals surface area (Å²) in [5, 5.41) is 0. The van der Waals surface area contributed by atoms with Crippen molar-refractivity contribution in [2.24, 2.45) is 0 Å². The molecular formula is C20H22F2N4O2S+2. The minimum atomic E-state index is -2.50. The largest absolute Gasteiger partial charge is 0.318 e. The number of amides is 2. The van der Waals surface area contributed by atoms with E-state index in [1.165, 1.54) is 17.0 Å². The summed E-state index contributed by atoms with van der Waals surface area (Å²) in [6, 6.07) is 11.7. The fourth-order valence-electron chi connectivity index (χ4n) is 3.96. The minimum absolute atomic E-state index is 0.180. The second-order valence-corrected chi connectivity index (χ2v) is 8.15. The van der Waals surface area contributed by atoms with Crippen LogP contribution in [0.1, 0.15) is 6.42 Å². The lowest BCUT2D eigenvalue weighted by Crippen LogP contribution is -3.19. The third kappa shape index (κ3) is 4.25. The fourth-order valence-corrected chi connectivity index (χ4v) is 4.46. The first kappa shape index (κ1) is 19.8. The molecule has 0 radical (unpaired) electrons. The molecule has 0 spiro atoms. The standard InChI is InChI=1S/C20H20F2N4O2S/c21-20(22)29-15-6-4-14(5-7-15)26-18(27)13-16(19(26)28)24-9-11-25(12-10-24)17-3-1-2-8-23-17/h1-8,16,20H,9-13H2/p+2/t16-/m1/s1. The Labute approximate surface area is 171 Å². The van der Waals surface area contributed by atoms with Crippen LogP contribution in [-0.4, -0.2) is 49.8 Å². The number of quaternary nitrogens is 1. The van der Waals surface area contributed by atoms with E-state index in [9.17, 15) is 18.4 Å². The normalized spacial score (nSPS) is 20.7. The van der Waals surface area contributed by atoms with Gasteiger partial charge in [-0.05, 0) is 30.3 Å². The molecule has 1 aromatic carbocycles. The zero-order valence-electron chi connectivity index (χ0n) is 15.7. The Kier molecular flexibility index (Phi) is 5.77. The van der Waals surface area contributed by atoms with Crippen LogP contribution in [-0.2, 0) is 9.59 Å². The maximum atomic E-state index is 13.0. The highest BCUT2D eigenvalue weighted by molar-refractivity contribution is 7.99. The number of halogens is 2. The quantitative estimate of drug-likeness (QED) is 0.576. The predicted octanol–water partition coefficient (Wildman–Crippen LogP) is 0.852. The third-order valence-electron chi connectivity index (χ3n) is 5.40. The van der Waals surface area contributed by atoms with Crippen molar-refractivity contribution >= 4 is 35.1 Å². The molecule has 2 N–H and O–H groups in total. The highest BCUT2D eigenvalue weighted by atomic mass is 32.2. The van der Waals surface area contributed by atoms with E-state index in [1.807, 2.05) is 24.4 Å². The Morgan fingerprint density at radius 1 is 1.07 bits per heavy atom. The van der Waals surface area contributed by atoms with Gasteiger partial charge in [0, 0.05) is 11.0 Å². The number of nitrogens with one attached hydrogen (secondary N) is 2. The summed E-state index contributed by atoms with van der Waals surface area (Å²) in [5.41, 5.74) is 0.443. The van der Waals surface area contributed by atoms with Gasteiger partial charge in [-0.1, -0.05) is 17.8 Å². The lowest BCUT2D eigenvalue weighted by molar-refractivity contribution is -0.915. The summed E-state index contributed by atoms with van der Waals surface area (Å²) in [7, 11) is 0. The molecule has 2 aromatic rings. The lowest BCUT2D eigenvalue weighted by atomic mass is 10.1. The molecule has 9 heteroatoms. The monoisotopic (exact) mass is 420 g/mol. The van der Waals surface area contributed by atoms with E-state index in [1.54, 1.807) is 12.1 Å². The van der Waals surface area contributed by atoms with Crippen molar-refractivity contribution in [3.05, 3.63) is 48.7 Å². The average Bonchev–Trinajstić information content (AvgIpc) is 3.03. The summed E-state index contributed by atoms with van der Waals surface area (Å²) >= 11 is 0.440. The molecule has 0 bridgehead atoms. The van der Waals surface area contributed by atoms with Crippen LogP contribution in [0.3, 0.4) is 0 Å². The number of carbonyl (C=O) groups is 2. The zero-order valence-corrected chi connectivity index (χ0v) is 16.5. The average molecular weight is 420 g/mol. The molecule has 0 unspecified atom stereocenters. The van der Waals surface area contributed by atoms with Crippen LogP contribution in [0.15, 0.2) is 53.6 Å². The number of aromatic nitrogens is 1. The molecule has 2 saturated heterocycles. The van der Waals surface area contributed by atoms with E-state index in [-0.39, 0.29) is 24.3 Å². The Bertz CT molecular complexity index is 874. The van der Waals surface area contributed by atoms with Crippen molar-refractivity contribution in [2.45, 2.75) is 23.1 Å². The van der Waals surface area contributed by atoms with Crippen molar-refractivity contribution < 1.29 is 28.3 Å². The molecule has 6 nitrogen and oxygen atoms in total. The summed E-state index contributed by atoms with van der Waals surface area (Å²) in [5.74, 6) is -1.90. The first-order chi connectivity index (χ1) is 14.0. The van der Waals surface area contributed by atoms with Crippen LogP contribution in [0, 0.1) is 0 Å². The summed E-state index contributed by atoms with van der Waals surface area (Å²) in [4.78, 5) is 33.7. The van der Waals surface area contributed by atoms with Gasteiger partial charge in [0.2, 0.25) is 5.91 Å². The summed E-state index contributed by atoms with van der Waals surface area (Å²) < 4.78 is 25.0. The Morgan fingerprint density at radius 3 is 2.41 bits per heavy atom. The Hall–Kier alpha value is -2.52. The third-order valence-corrected chi connectivity index (χ3v) is 6.12. The first-order valence-corrected chi connectivity index (χ1v) is 10.4. The predicted molar refractivity (Wildman–Crippen MR) is 105 cm³/mol. The molecule has 2 aliphatic heterocycles. The van der Waals surface area contributed by atoms with Crippen LogP contribution < -0.4 is 19.7 Å². The molecular weight excluding hydrogens is 398 g/mol. The summed E-state index contributed by atoms with van der Waals surface area (Å²) in [6.07, 6.45) is 2.07. The van der Waals surface area contributed by atoms with Gasteiger partial charge in [-0.3, -0.25) is 14.5 Å². The number of pyridine rings is 1. The van der Waals surface area contributed by atoms with Gasteiger partial charge < -0.3 is 4.90 Å². The molecule has 2 amide bonds. The van der Waals surface area contributed by atoms with Gasteiger partial charge in [0.05, 0.1) is 18.3 Å². The smallest absolute Gasteiger partial charge is 0.292 e. The van der Waals surface area contributed by atoms with E-state index in [2.05, 4.69) is 9.88 Å². The molecule has 152 valence electrons. The van der Waals surface area contributed by atoms with Crippen LogP contribution in [0.5, 0.6) is 0 Å². The second kappa shape index (κ2) is 8.46. The number of anilines is 2. The Morgan fingerprint density at radius 2 is 1.79 bits per heavy atom. The van der Waals surface area contributed by atoms with E-state index in [0.717, 1.165) is 36.9 Å². The van der Waals surface area contributed by atoms with Crippen molar-refractivity contribution in [1.82, 2.24) is 0 Å². The van der Waals surface area contributed by atoms with E-state index >= 15 is 0 Å². The fraction of sp³-hybridized carbons (Fsp3) is 0.350. The number of carbonyl (C=O) groups excluding carboxylic acids is 2. The summed E-state index contributed by atoms with van der Waals surface area (Å²) in [6.45, 7) is 3.13. The number of rotatable bonds is 5. The van der Waals surface area contributed by atoms with Crippen molar-refractivity contribution in [3.63, 3.8) is 0 Å². The number of nitrogens with zero attached hydrogens (tertiary/aromatic N) is 2. The Balaban J connectivity index is 1.41. The molecule has 0 aliphatic carbocycles. The van der Waals surface area contributed by atoms with Crippen LogP contribution in [0.2, 0.25) is 0 Å². The highest BCUT2D eigenvalue weighted by Gasteiger charge is 2.47. The molecule has 2 fully saturated rings. The number of thioether (sulfide) groups is 1.